The highest BCUT2D eigenvalue weighted by Gasteiger charge is 2.15. The predicted octanol–water partition coefficient (Wildman–Crippen LogP) is 4.78. The second-order valence-electron chi connectivity index (χ2n) is 8.30. The third kappa shape index (κ3) is 5.45. The van der Waals surface area contributed by atoms with Crippen LogP contribution in [0.2, 0.25) is 0 Å². The van der Waals surface area contributed by atoms with Crippen molar-refractivity contribution in [2.45, 2.75) is 25.3 Å². The van der Waals surface area contributed by atoms with Crippen LogP contribution in [-0.2, 0) is 21.4 Å². The molecule has 3 N–H and O–H groups in total. The fourth-order valence-corrected chi connectivity index (χ4v) is 4.32. The van der Waals surface area contributed by atoms with Crippen LogP contribution in [0.3, 0.4) is 0 Å². The number of aryl methyl sites for hydroxylation is 1. The molecule has 0 atom stereocenters. The molecule has 0 aliphatic rings. The largest absolute Gasteiger partial charge is 0.496 e. The van der Waals surface area contributed by atoms with Gasteiger partial charge in [0, 0.05) is 35.2 Å². The molecule has 0 spiro atoms. The average molecular weight is 491 g/mol. The van der Waals surface area contributed by atoms with Crippen LogP contribution >= 0.6 is 0 Å². The number of amides is 1. The Labute approximate surface area is 204 Å². The summed E-state index contributed by atoms with van der Waals surface area (Å²) >= 11 is 0. The predicted molar refractivity (Wildman–Crippen MR) is 136 cm³/mol. The Morgan fingerprint density at radius 2 is 1.77 bits per heavy atom. The van der Waals surface area contributed by atoms with E-state index in [0.29, 0.717) is 11.3 Å². The molecule has 3 aromatic carbocycles. The fraction of sp³-hybridized carbons (Fsp3) is 0.148. The molecule has 0 fully saturated rings. The van der Waals surface area contributed by atoms with Crippen molar-refractivity contribution in [1.29, 1.82) is 0 Å². The van der Waals surface area contributed by atoms with E-state index in [1.807, 2.05) is 26.0 Å². The molecule has 1 heterocycles. The minimum atomic E-state index is -3.75. The quantitative estimate of drug-likeness (QED) is 0.362. The number of ether oxygens (including phenoxy) is 1. The Morgan fingerprint density at radius 1 is 1.09 bits per heavy atom. The zero-order valence-electron chi connectivity index (χ0n) is 19.7. The monoisotopic (exact) mass is 490 g/mol. The molecule has 8 heteroatoms. The number of sulfonamides is 1. The molecule has 0 bridgehead atoms. The first-order chi connectivity index (χ1) is 16.7. The van der Waals surface area contributed by atoms with Gasteiger partial charge in [-0.15, -0.1) is 0 Å². The summed E-state index contributed by atoms with van der Waals surface area (Å²) in [5.74, 6) is 0.313. The molecule has 1 amide bonds. The summed E-state index contributed by atoms with van der Waals surface area (Å²) in [5.41, 5.74) is 6.12. The van der Waals surface area contributed by atoms with E-state index in [0.717, 1.165) is 33.2 Å². The molecular weight excluding hydrogens is 464 g/mol. The molecule has 180 valence electrons. The molecule has 0 saturated heterocycles. The van der Waals surface area contributed by atoms with Gasteiger partial charge in [-0.05, 0) is 48.7 Å². The van der Waals surface area contributed by atoms with Crippen molar-refractivity contribution >= 4 is 32.5 Å². The number of furan rings is 1. The Bertz CT molecular complexity index is 1520. The van der Waals surface area contributed by atoms with E-state index in [4.69, 9.17) is 14.3 Å². The second-order valence-corrected chi connectivity index (χ2v) is 9.86. The van der Waals surface area contributed by atoms with E-state index < -0.39 is 10.0 Å². The first-order valence-electron chi connectivity index (χ1n) is 10.9. The van der Waals surface area contributed by atoms with Crippen LogP contribution in [0.25, 0.3) is 27.7 Å². The molecule has 0 saturated carbocycles. The molecule has 0 aliphatic heterocycles. The maximum Gasteiger partial charge on any atom is 0.244 e. The number of fused-ring (bicyclic) bond motifs is 1. The lowest BCUT2D eigenvalue weighted by atomic mass is 9.99. The lowest BCUT2D eigenvalue weighted by Crippen LogP contribution is -2.20. The molecular formula is C27H26N2O5S. The third-order valence-electron chi connectivity index (χ3n) is 5.75. The third-order valence-corrected chi connectivity index (χ3v) is 6.68. The number of carbonyl (C=O) groups is 1. The van der Waals surface area contributed by atoms with Gasteiger partial charge in [-0.25, -0.2) is 13.6 Å². The smallest absolute Gasteiger partial charge is 0.244 e. The second kappa shape index (κ2) is 9.77. The lowest BCUT2D eigenvalue weighted by Gasteiger charge is -2.10. The topological polar surface area (TPSA) is 112 Å². The van der Waals surface area contributed by atoms with E-state index in [1.54, 1.807) is 25.5 Å². The summed E-state index contributed by atoms with van der Waals surface area (Å²) < 4.78 is 34.1. The Balaban J connectivity index is 1.57. The number of carbonyl (C=O) groups excluding carboxylic acids is 1. The number of nitrogens with two attached hydrogens (primary N) is 1. The van der Waals surface area contributed by atoms with Gasteiger partial charge in [0.25, 0.3) is 0 Å². The van der Waals surface area contributed by atoms with Gasteiger partial charge in [0.1, 0.15) is 11.3 Å². The fourth-order valence-electron chi connectivity index (χ4n) is 3.80. The first-order valence-corrected chi connectivity index (χ1v) is 12.4. The van der Waals surface area contributed by atoms with Gasteiger partial charge in [0.2, 0.25) is 15.9 Å². The number of methoxy groups -OCH3 is 1. The molecule has 0 unspecified atom stereocenters. The Hall–Kier alpha value is -3.88. The number of allylic oxidation sites excluding steroid dienone is 1. The van der Waals surface area contributed by atoms with E-state index in [1.165, 1.54) is 23.8 Å². The number of rotatable bonds is 7. The minimum absolute atomic E-state index is 0.0232. The maximum absolute atomic E-state index is 12.6. The van der Waals surface area contributed by atoms with Crippen LogP contribution in [0.15, 0.2) is 82.3 Å². The van der Waals surface area contributed by atoms with E-state index in [9.17, 15) is 13.2 Å². The summed E-state index contributed by atoms with van der Waals surface area (Å²) in [5, 5.41) is 8.86. The van der Waals surface area contributed by atoms with Gasteiger partial charge >= 0.3 is 0 Å². The van der Waals surface area contributed by atoms with Crippen LogP contribution in [-0.4, -0.2) is 21.4 Å². The van der Waals surface area contributed by atoms with Gasteiger partial charge in [-0.3, -0.25) is 4.79 Å². The van der Waals surface area contributed by atoms with Gasteiger partial charge < -0.3 is 14.5 Å². The van der Waals surface area contributed by atoms with E-state index in [-0.39, 0.29) is 17.3 Å². The maximum atomic E-state index is 12.6. The van der Waals surface area contributed by atoms with Crippen molar-refractivity contribution in [2.75, 3.05) is 7.11 Å². The summed E-state index contributed by atoms with van der Waals surface area (Å²) in [7, 11) is -2.18. The van der Waals surface area contributed by atoms with E-state index >= 15 is 0 Å². The molecule has 7 nitrogen and oxygen atoms in total. The van der Waals surface area contributed by atoms with Crippen LogP contribution in [0, 0.1) is 6.92 Å². The highest BCUT2D eigenvalue weighted by atomic mass is 32.2. The Morgan fingerprint density at radius 3 is 2.40 bits per heavy atom. The Kier molecular flexibility index (Phi) is 6.77. The normalized spacial score (nSPS) is 12.1. The van der Waals surface area contributed by atoms with Crippen LogP contribution in [0.4, 0.5) is 0 Å². The van der Waals surface area contributed by atoms with Gasteiger partial charge in [0.05, 0.1) is 18.3 Å². The summed E-state index contributed by atoms with van der Waals surface area (Å²) in [6, 6.07) is 18.0. The lowest BCUT2D eigenvalue weighted by molar-refractivity contribution is -0.116. The number of hydrogen-bond donors (Lipinski definition) is 2. The molecule has 4 rings (SSSR count). The zero-order valence-corrected chi connectivity index (χ0v) is 20.5. The average Bonchev–Trinajstić information content (AvgIpc) is 3.25. The van der Waals surface area contributed by atoms with Crippen LogP contribution in [0.1, 0.15) is 23.6 Å². The standard InChI is InChI=1S/C27H26N2O5S/c1-17-4-8-20(9-5-17)24-16-34-26-14-25(33-3)22(13-23(24)26)18(2)12-27(30)29-15-19-6-10-21(11-7-19)35(28,31)32/h4-14,16H,15H2,1-3H3,(H,29,30)(H2,28,31,32)/b18-12+. The van der Waals surface area contributed by atoms with Crippen molar-refractivity contribution in [2.24, 2.45) is 5.14 Å². The minimum Gasteiger partial charge on any atom is -0.496 e. The van der Waals surface area contributed by atoms with Crippen LogP contribution in [0.5, 0.6) is 5.75 Å². The molecule has 35 heavy (non-hydrogen) atoms. The van der Waals surface area contributed by atoms with Crippen LogP contribution < -0.4 is 15.2 Å². The summed E-state index contributed by atoms with van der Waals surface area (Å²) in [6.07, 6.45) is 3.24. The zero-order chi connectivity index (χ0) is 25.2. The number of hydrogen-bond acceptors (Lipinski definition) is 5. The van der Waals surface area contributed by atoms with Gasteiger partial charge in [0.15, 0.2) is 0 Å². The molecule has 4 aromatic rings. The van der Waals surface area contributed by atoms with Crippen molar-refractivity contribution < 1.29 is 22.4 Å². The number of primary sulfonamides is 1. The van der Waals surface area contributed by atoms with Crippen molar-refractivity contribution in [3.63, 3.8) is 0 Å². The summed E-state index contributed by atoms with van der Waals surface area (Å²) in [4.78, 5) is 12.6. The SMILES string of the molecule is COc1cc2occ(-c3ccc(C)cc3)c2cc1/C(C)=C/C(=O)NCc1ccc(S(N)(=O)=O)cc1. The summed E-state index contributed by atoms with van der Waals surface area (Å²) in [6.45, 7) is 4.12. The highest BCUT2D eigenvalue weighted by molar-refractivity contribution is 7.89. The molecule has 0 radical (unpaired) electrons. The first kappa shape index (κ1) is 24.3. The number of benzene rings is 3. The van der Waals surface area contributed by atoms with Crippen molar-refractivity contribution in [3.8, 4) is 16.9 Å². The molecule has 1 aromatic heterocycles. The van der Waals surface area contributed by atoms with Crippen molar-refractivity contribution in [1.82, 2.24) is 5.32 Å². The van der Waals surface area contributed by atoms with Crippen molar-refractivity contribution in [3.05, 3.63) is 89.7 Å². The highest BCUT2D eigenvalue weighted by Crippen LogP contribution is 2.37. The number of nitrogens with one attached hydrogen (secondary N) is 1. The molecule has 0 aliphatic carbocycles. The van der Waals surface area contributed by atoms with Gasteiger partial charge in [-0.2, -0.15) is 0 Å². The van der Waals surface area contributed by atoms with Gasteiger partial charge in [-0.1, -0.05) is 42.0 Å². The van der Waals surface area contributed by atoms with E-state index in [2.05, 4.69) is 29.6 Å².